The molecule has 0 heterocycles. The van der Waals surface area contributed by atoms with Gasteiger partial charge in [0.25, 0.3) is 0 Å². The minimum Gasteiger partial charge on any atom is -0.493 e. The molecule has 0 radical (unpaired) electrons. The second-order valence-corrected chi connectivity index (χ2v) is 5.30. The molecule has 0 amide bonds. The van der Waals surface area contributed by atoms with Crippen molar-refractivity contribution in [3.63, 3.8) is 0 Å². The summed E-state index contributed by atoms with van der Waals surface area (Å²) < 4.78 is 5.86. The Morgan fingerprint density at radius 1 is 1.15 bits per heavy atom. The van der Waals surface area contributed by atoms with E-state index in [0.717, 1.165) is 29.9 Å². The average molecular weight is 277 g/mol. The van der Waals surface area contributed by atoms with Crippen molar-refractivity contribution in [2.75, 3.05) is 6.61 Å². The van der Waals surface area contributed by atoms with Crippen LogP contribution in [0.25, 0.3) is 0 Å². The van der Waals surface area contributed by atoms with Crippen molar-refractivity contribution in [1.82, 2.24) is 0 Å². The lowest BCUT2D eigenvalue weighted by atomic mass is 10.1. The van der Waals surface area contributed by atoms with E-state index in [9.17, 15) is 0 Å². The summed E-state index contributed by atoms with van der Waals surface area (Å²) in [6.07, 6.45) is 7.51. The van der Waals surface area contributed by atoms with Crippen molar-refractivity contribution in [1.29, 1.82) is 0 Å². The van der Waals surface area contributed by atoms with Crippen LogP contribution >= 0.6 is 0 Å². The standard InChI is InChI=1S/C17H27NO2/c1-4-5-6-7-8-9-12-20-17-13-14(2)10-11-16(17)15(3)18-19/h10-11,13,19H,4-9,12H2,1-3H3. The molecule has 3 heteroatoms. The van der Waals surface area contributed by atoms with Gasteiger partial charge in [-0.15, -0.1) is 0 Å². The van der Waals surface area contributed by atoms with Crippen LogP contribution in [0.3, 0.4) is 0 Å². The monoisotopic (exact) mass is 277 g/mol. The van der Waals surface area contributed by atoms with Crippen molar-refractivity contribution >= 4 is 5.71 Å². The first-order chi connectivity index (χ1) is 9.69. The summed E-state index contributed by atoms with van der Waals surface area (Å²) in [6.45, 7) is 6.77. The van der Waals surface area contributed by atoms with Gasteiger partial charge in [0.05, 0.1) is 12.3 Å². The number of nitrogens with zero attached hydrogens (tertiary/aromatic N) is 1. The van der Waals surface area contributed by atoms with Crippen molar-refractivity contribution in [2.24, 2.45) is 5.16 Å². The number of aryl methyl sites for hydroxylation is 1. The Bertz CT molecular complexity index is 427. The fraction of sp³-hybridized carbons (Fsp3) is 0.588. The second-order valence-electron chi connectivity index (χ2n) is 5.30. The molecule has 0 atom stereocenters. The molecule has 0 unspecified atom stereocenters. The zero-order valence-corrected chi connectivity index (χ0v) is 13.0. The van der Waals surface area contributed by atoms with Gasteiger partial charge >= 0.3 is 0 Å². The van der Waals surface area contributed by atoms with E-state index in [1.54, 1.807) is 6.92 Å². The van der Waals surface area contributed by atoms with Crippen molar-refractivity contribution < 1.29 is 9.94 Å². The Kier molecular flexibility index (Phi) is 7.78. The van der Waals surface area contributed by atoms with Gasteiger partial charge in [0, 0.05) is 5.56 Å². The number of hydrogen-bond donors (Lipinski definition) is 1. The summed E-state index contributed by atoms with van der Waals surface area (Å²) in [5.41, 5.74) is 2.60. The Hall–Kier alpha value is -1.51. The first kappa shape index (κ1) is 16.5. The molecule has 20 heavy (non-hydrogen) atoms. The average Bonchev–Trinajstić information content (AvgIpc) is 2.45. The first-order valence-electron chi connectivity index (χ1n) is 7.61. The number of oxime groups is 1. The van der Waals surface area contributed by atoms with Crippen LogP contribution in [0.2, 0.25) is 0 Å². The topological polar surface area (TPSA) is 41.8 Å². The molecule has 0 spiro atoms. The molecule has 0 aliphatic rings. The van der Waals surface area contributed by atoms with Crippen LogP contribution in [0.15, 0.2) is 23.4 Å². The fourth-order valence-electron chi connectivity index (χ4n) is 2.17. The van der Waals surface area contributed by atoms with E-state index in [1.165, 1.54) is 32.1 Å². The smallest absolute Gasteiger partial charge is 0.128 e. The molecule has 0 aliphatic heterocycles. The third kappa shape index (κ3) is 5.64. The van der Waals surface area contributed by atoms with Gasteiger partial charge in [-0.3, -0.25) is 0 Å². The predicted octanol–water partition coefficient (Wildman–Crippen LogP) is 4.93. The molecule has 0 saturated carbocycles. The molecule has 0 aliphatic carbocycles. The number of benzene rings is 1. The summed E-state index contributed by atoms with van der Waals surface area (Å²) in [5, 5.41) is 12.2. The minimum absolute atomic E-state index is 0.586. The molecule has 3 nitrogen and oxygen atoms in total. The van der Waals surface area contributed by atoms with Gasteiger partial charge in [-0.1, -0.05) is 50.2 Å². The minimum atomic E-state index is 0.586. The highest BCUT2D eigenvalue weighted by Gasteiger charge is 2.07. The van der Waals surface area contributed by atoms with Crippen LogP contribution in [0.5, 0.6) is 5.75 Å². The predicted molar refractivity (Wildman–Crippen MR) is 84.0 cm³/mol. The van der Waals surface area contributed by atoms with Gasteiger partial charge < -0.3 is 9.94 Å². The molecule has 112 valence electrons. The largest absolute Gasteiger partial charge is 0.493 e. The third-order valence-electron chi connectivity index (χ3n) is 3.43. The molecule has 0 aromatic heterocycles. The van der Waals surface area contributed by atoms with E-state index in [-0.39, 0.29) is 0 Å². The summed E-state index contributed by atoms with van der Waals surface area (Å²) in [4.78, 5) is 0. The zero-order valence-electron chi connectivity index (χ0n) is 13.0. The lowest BCUT2D eigenvalue weighted by Crippen LogP contribution is -2.04. The van der Waals surface area contributed by atoms with E-state index >= 15 is 0 Å². The SMILES string of the molecule is CCCCCCCCOc1cc(C)ccc1C(C)=NO. The number of unbranched alkanes of at least 4 members (excludes halogenated alkanes) is 5. The van der Waals surface area contributed by atoms with Crippen LogP contribution in [0.4, 0.5) is 0 Å². The molecule has 1 aromatic carbocycles. The van der Waals surface area contributed by atoms with Crippen LogP contribution < -0.4 is 4.74 Å². The summed E-state index contributed by atoms with van der Waals surface area (Å²) >= 11 is 0. The van der Waals surface area contributed by atoms with E-state index in [1.807, 2.05) is 25.1 Å². The first-order valence-corrected chi connectivity index (χ1v) is 7.61. The normalized spacial score (nSPS) is 11.7. The van der Waals surface area contributed by atoms with Crippen molar-refractivity contribution in [3.8, 4) is 5.75 Å². The number of ether oxygens (including phenoxy) is 1. The highest BCUT2D eigenvalue weighted by molar-refractivity contribution is 6.00. The van der Waals surface area contributed by atoms with Crippen molar-refractivity contribution in [3.05, 3.63) is 29.3 Å². The molecule has 0 fully saturated rings. The molecular weight excluding hydrogens is 250 g/mol. The van der Waals surface area contributed by atoms with Gasteiger partial charge in [-0.25, -0.2) is 0 Å². The summed E-state index contributed by atoms with van der Waals surface area (Å²) in [7, 11) is 0. The zero-order chi connectivity index (χ0) is 14.8. The molecule has 1 N–H and O–H groups in total. The van der Waals surface area contributed by atoms with Crippen LogP contribution in [-0.2, 0) is 0 Å². The van der Waals surface area contributed by atoms with Crippen LogP contribution in [0, 0.1) is 6.92 Å². The fourth-order valence-corrected chi connectivity index (χ4v) is 2.17. The third-order valence-corrected chi connectivity index (χ3v) is 3.43. The van der Waals surface area contributed by atoms with Gasteiger partial charge in [0.1, 0.15) is 5.75 Å². The van der Waals surface area contributed by atoms with Crippen molar-refractivity contribution in [2.45, 2.75) is 59.3 Å². The van der Waals surface area contributed by atoms with E-state index in [0.29, 0.717) is 5.71 Å². The Balaban J connectivity index is 2.44. The lowest BCUT2D eigenvalue weighted by Gasteiger charge is -2.11. The van der Waals surface area contributed by atoms with Gasteiger partial charge in [0.2, 0.25) is 0 Å². The number of rotatable bonds is 9. The summed E-state index contributed by atoms with van der Waals surface area (Å²) in [5.74, 6) is 0.814. The maximum absolute atomic E-state index is 8.91. The Morgan fingerprint density at radius 3 is 2.55 bits per heavy atom. The highest BCUT2D eigenvalue weighted by atomic mass is 16.5. The van der Waals surface area contributed by atoms with Gasteiger partial charge in [-0.2, -0.15) is 0 Å². The van der Waals surface area contributed by atoms with E-state index < -0.39 is 0 Å². The maximum Gasteiger partial charge on any atom is 0.128 e. The molecular formula is C17H27NO2. The Labute approximate surface area is 122 Å². The molecule has 1 aromatic rings. The van der Waals surface area contributed by atoms with Crippen LogP contribution in [-0.4, -0.2) is 17.5 Å². The van der Waals surface area contributed by atoms with Crippen LogP contribution in [0.1, 0.15) is 63.5 Å². The molecule has 0 saturated heterocycles. The van der Waals surface area contributed by atoms with Gasteiger partial charge in [-0.05, 0) is 38.0 Å². The number of hydrogen-bond acceptors (Lipinski definition) is 3. The van der Waals surface area contributed by atoms with Gasteiger partial charge in [0.15, 0.2) is 0 Å². The Morgan fingerprint density at radius 2 is 1.85 bits per heavy atom. The molecule has 1 rings (SSSR count). The molecule has 0 bridgehead atoms. The quantitative estimate of drug-likeness (QED) is 0.301. The maximum atomic E-state index is 8.91. The lowest BCUT2D eigenvalue weighted by molar-refractivity contribution is 0.301. The van der Waals surface area contributed by atoms with E-state index in [2.05, 4.69) is 12.1 Å². The second kappa shape index (κ2) is 9.40. The highest BCUT2D eigenvalue weighted by Crippen LogP contribution is 2.21. The summed E-state index contributed by atoms with van der Waals surface area (Å²) in [6, 6.07) is 5.95. The van der Waals surface area contributed by atoms with E-state index in [4.69, 9.17) is 9.94 Å².